The molecule has 4 rings (SSSR count). The van der Waals surface area contributed by atoms with Gasteiger partial charge in [0, 0.05) is 10.9 Å². The van der Waals surface area contributed by atoms with E-state index in [0.717, 1.165) is 22.3 Å². The highest BCUT2D eigenvalue weighted by molar-refractivity contribution is 9.10. The third-order valence-electron chi connectivity index (χ3n) is 6.00. The van der Waals surface area contributed by atoms with Crippen molar-refractivity contribution in [2.24, 2.45) is 0 Å². The summed E-state index contributed by atoms with van der Waals surface area (Å²) in [5.74, 6) is -1.95. The Morgan fingerprint density at radius 3 is 2.15 bits per heavy atom. The number of anilines is 1. The highest BCUT2D eigenvalue weighted by Crippen LogP contribution is 2.25. The average Bonchev–Trinajstić information content (AvgIpc) is 2.94. The maximum Gasteiger partial charge on any atom is 0.326 e. The summed E-state index contributed by atoms with van der Waals surface area (Å²) in [7, 11) is -4.02. The van der Waals surface area contributed by atoms with Crippen molar-refractivity contribution in [2.75, 3.05) is 4.72 Å². The number of amides is 1. The summed E-state index contributed by atoms with van der Waals surface area (Å²) >= 11 is 3.30. The number of hydrogen-bond donors (Lipinski definition) is 3. The van der Waals surface area contributed by atoms with Gasteiger partial charge < -0.3 is 10.4 Å². The van der Waals surface area contributed by atoms with Gasteiger partial charge >= 0.3 is 5.97 Å². The molecule has 1 unspecified atom stereocenters. The molecule has 0 aromatic heterocycles. The van der Waals surface area contributed by atoms with Crippen LogP contribution in [0.2, 0.25) is 0 Å². The van der Waals surface area contributed by atoms with E-state index in [0.29, 0.717) is 4.47 Å². The van der Waals surface area contributed by atoms with Crippen LogP contribution in [0.1, 0.15) is 21.5 Å². The van der Waals surface area contributed by atoms with E-state index in [4.69, 9.17) is 0 Å². The minimum atomic E-state index is -4.02. The highest BCUT2D eigenvalue weighted by Gasteiger charge is 2.24. The van der Waals surface area contributed by atoms with Gasteiger partial charge in [-0.05, 0) is 52.6 Å². The number of carbonyl (C=O) groups excluding carboxylic acids is 1. The molecule has 0 aliphatic heterocycles. The van der Waals surface area contributed by atoms with Crippen LogP contribution in [0.3, 0.4) is 0 Å². The number of carbonyl (C=O) groups is 2. The second kappa shape index (κ2) is 12.1. The lowest BCUT2D eigenvalue weighted by atomic mass is 10.0. The molecule has 1 atom stereocenters. The predicted octanol–water partition coefficient (Wildman–Crippen LogP) is 5.99. The maximum atomic E-state index is 13.2. The predicted molar refractivity (Wildman–Crippen MR) is 156 cm³/mol. The van der Waals surface area contributed by atoms with Gasteiger partial charge in [0.2, 0.25) is 0 Å². The van der Waals surface area contributed by atoms with E-state index in [9.17, 15) is 23.1 Å². The second-order valence-electron chi connectivity index (χ2n) is 8.70. The van der Waals surface area contributed by atoms with Crippen LogP contribution < -0.4 is 10.0 Å². The van der Waals surface area contributed by atoms with Gasteiger partial charge in [-0.25, -0.2) is 13.2 Å². The molecule has 0 fully saturated rings. The number of halogens is 1. The van der Waals surface area contributed by atoms with Crippen LogP contribution in [0.15, 0.2) is 113 Å². The molecule has 0 radical (unpaired) electrons. The smallest absolute Gasteiger partial charge is 0.326 e. The Kier molecular flexibility index (Phi) is 8.63. The summed E-state index contributed by atoms with van der Waals surface area (Å²) < 4.78 is 28.9. The van der Waals surface area contributed by atoms with Gasteiger partial charge in [-0.2, -0.15) is 0 Å². The molecule has 0 saturated heterocycles. The third-order valence-corrected chi connectivity index (χ3v) is 7.88. The molecule has 0 aliphatic rings. The molecule has 0 bridgehead atoms. The molecule has 0 aliphatic carbocycles. The molecule has 198 valence electrons. The number of carboxylic acids is 1. The fraction of sp³-hybridized carbons (Fsp3) is 0.0667. The van der Waals surface area contributed by atoms with Crippen molar-refractivity contribution >= 4 is 49.6 Å². The summed E-state index contributed by atoms with van der Waals surface area (Å²) in [5, 5.41) is 12.4. The molecule has 7 nitrogen and oxygen atoms in total. The van der Waals surface area contributed by atoms with Gasteiger partial charge in [0.1, 0.15) is 6.04 Å². The van der Waals surface area contributed by atoms with Gasteiger partial charge in [0.05, 0.1) is 16.1 Å². The van der Waals surface area contributed by atoms with Crippen LogP contribution in [-0.2, 0) is 21.2 Å². The van der Waals surface area contributed by atoms with E-state index in [1.807, 2.05) is 54.6 Å². The zero-order chi connectivity index (χ0) is 28.0. The zero-order valence-electron chi connectivity index (χ0n) is 20.7. The standard InChI is InChI=1S/C30H25BrN2O5S/c1-2-20-10-15-25(16-11-20)39(37,38)33-27-17-14-24(31)19-26(27)29(34)32-28(30(35)36)18-21-8-12-23(13-9-21)22-6-4-3-5-7-22/h2-17,19,28,33H,1,18H2,(H,32,34)(H,35,36). The molecular weight excluding hydrogens is 580 g/mol. The van der Waals surface area contributed by atoms with Gasteiger partial charge in [0.25, 0.3) is 15.9 Å². The Balaban J connectivity index is 1.53. The Labute approximate surface area is 235 Å². The van der Waals surface area contributed by atoms with E-state index in [2.05, 4.69) is 32.5 Å². The molecule has 0 saturated carbocycles. The number of nitrogens with one attached hydrogen (secondary N) is 2. The van der Waals surface area contributed by atoms with Crippen molar-refractivity contribution in [1.82, 2.24) is 5.32 Å². The Bertz CT molecular complexity index is 1600. The number of benzene rings is 4. The monoisotopic (exact) mass is 604 g/mol. The summed E-state index contributed by atoms with van der Waals surface area (Å²) in [6, 6.07) is 26.5. The van der Waals surface area contributed by atoms with Crippen molar-refractivity contribution in [2.45, 2.75) is 17.4 Å². The molecule has 9 heteroatoms. The van der Waals surface area contributed by atoms with E-state index >= 15 is 0 Å². The van der Waals surface area contributed by atoms with E-state index in [1.165, 1.54) is 24.3 Å². The number of sulfonamides is 1. The van der Waals surface area contributed by atoms with Crippen molar-refractivity contribution in [3.8, 4) is 11.1 Å². The Morgan fingerprint density at radius 1 is 0.897 bits per heavy atom. The fourth-order valence-corrected chi connectivity index (χ4v) is 5.36. The first-order valence-corrected chi connectivity index (χ1v) is 14.2. The van der Waals surface area contributed by atoms with Crippen molar-refractivity contribution < 1.29 is 23.1 Å². The average molecular weight is 606 g/mol. The molecule has 0 heterocycles. The zero-order valence-corrected chi connectivity index (χ0v) is 23.1. The van der Waals surface area contributed by atoms with Crippen LogP contribution in [0.25, 0.3) is 17.2 Å². The second-order valence-corrected chi connectivity index (χ2v) is 11.3. The minimum absolute atomic E-state index is 0.00439. The number of rotatable bonds is 10. The fourth-order valence-electron chi connectivity index (χ4n) is 3.92. The van der Waals surface area contributed by atoms with E-state index in [-0.39, 0.29) is 22.6 Å². The lowest BCUT2D eigenvalue weighted by molar-refractivity contribution is -0.139. The molecule has 39 heavy (non-hydrogen) atoms. The van der Waals surface area contributed by atoms with Crippen molar-refractivity contribution in [3.63, 3.8) is 0 Å². The molecule has 4 aromatic rings. The lowest BCUT2D eigenvalue weighted by Crippen LogP contribution is -2.42. The number of carboxylic acid groups (broad SMARTS) is 1. The number of hydrogen-bond acceptors (Lipinski definition) is 4. The molecule has 4 aromatic carbocycles. The van der Waals surface area contributed by atoms with E-state index in [1.54, 1.807) is 24.3 Å². The van der Waals surface area contributed by atoms with Gasteiger partial charge in [-0.1, -0.05) is 95.3 Å². The van der Waals surface area contributed by atoms with Crippen molar-refractivity contribution in [3.05, 3.63) is 125 Å². The largest absolute Gasteiger partial charge is 0.480 e. The van der Waals surface area contributed by atoms with Crippen LogP contribution >= 0.6 is 15.9 Å². The van der Waals surface area contributed by atoms with Gasteiger partial charge in [-0.15, -0.1) is 0 Å². The van der Waals surface area contributed by atoms with Crippen LogP contribution in [0.5, 0.6) is 0 Å². The summed E-state index contributed by atoms with van der Waals surface area (Å²) in [6.45, 7) is 3.65. The van der Waals surface area contributed by atoms with Crippen LogP contribution in [0.4, 0.5) is 5.69 Å². The van der Waals surface area contributed by atoms with Gasteiger partial charge in [-0.3, -0.25) is 9.52 Å². The first kappa shape index (κ1) is 27.8. The van der Waals surface area contributed by atoms with Crippen molar-refractivity contribution in [1.29, 1.82) is 0 Å². The van der Waals surface area contributed by atoms with Crippen LogP contribution in [0, 0.1) is 0 Å². The molecule has 1 amide bonds. The first-order valence-electron chi connectivity index (χ1n) is 11.9. The summed E-state index contributed by atoms with van der Waals surface area (Å²) in [6.07, 6.45) is 1.64. The lowest BCUT2D eigenvalue weighted by Gasteiger charge is -2.17. The Hall–Kier alpha value is -4.21. The van der Waals surface area contributed by atoms with Gasteiger partial charge in [0.15, 0.2) is 0 Å². The first-order chi connectivity index (χ1) is 18.7. The topological polar surface area (TPSA) is 113 Å². The molecular formula is C30H25BrN2O5S. The van der Waals surface area contributed by atoms with Crippen LogP contribution in [-0.4, -0.2) is 31.4 Å². The third kappa shape index (κ3) is 7.01. The highest BCUT2D eigenvalue weighted by atomic mass is 79.9. The SMILES string of the molecule is C=Cc1ccc(S(=O)(=O)Nc2ccc(Br)cc2C(=O)NC(Cc2ccc(-c3ccccc3)cc2)C(=O)O)cc1. The maximum absolute atomic E-state index is 13.2. The normalized spacial score (nSPS) is 11.8. The summed E-state index contributed by atoms with van der Waals surface area (Å²) in [5.41, 5.74) is 3.49. The number of aliphatic carboxylic acids is 1. The summed E-state index contributed by atoms with van der Waals surface area (Å²) in [4.78, 5) is 25.3. The Morgan fingerprint density at radius 2 is 1.54 bits per heavy atom. The minimum Gasteiger partial charge on any atom is -0.480 e. The van der Waals surface area contributed by atoms with E-state index < -0.39 is 27.9 Å². The molecule has 0 spiro atoms. The quantitative estimate of drug-likeness (QED) is 0.206. The molecule has 3 N–H and O–H groups in total.